The summed E-state index contributed by atoms with van der Waals surface area (Å²) in [7, 11) is 3.01. The molecule has 1 aromatic rings. The van der Waals surface area contributed by atoms with E-state index in [1.165, 1.54) is 7.11 Å². The summed E-state index contributed by atoms with van der Waals surface area (Å²) in [5, 5.41) is 0. The van der Waals surface area contributed by atoms with Crippen molar-refractivity contribution in [1.29, 1.82) is 0 Å². The summed E-state index contributed by atoms with van der Waals surface area (Å²) in [4.78, 5) is 26.6. The molecular formula is C19H27NO5. The highest BCUT2D eigenvalue weighted by molar-refractivity contribution is 6.02. The van der Waals surface area contributed by atoms with Crippen molar-refractivity contribution in [3.8, 4) is 5.75 Å². The molecule has 0 radical (unpaired) electrons. The predicted molar refractivity (Wildman–Crippen MR) is 95.2 cm³/mol. The van der Waals surface area contributed by atoms with E-state index in [1.54, 1.807) is 18.1 Å². The molecule has 0 bridgehead atoms. The largest absolute Gasteiger partial charge is 0.478 e. The van der Waals surface area contributed by atoms with Crippen LogP contribution in [0.25, 0.3) is 0 Å². The minimum Gasteiger partial charge on any atom is -0.478 e. The molecule has 0 unspecified atom stereocenters. The van der Waals surface area contributed by atoms with Gasteiger partial charge in [-0.2, -0.15) is 0 Å². The number of ether oxygens (including phenoxy) is 3. The Kier molecular flexibility index (Phi) is 6.42. The summed E-state index contributed by atoms with van der Waals surface area (Å²) in [5.41, 5.74) is 1.84. The summed E-state index contributed by atoms with van der Waals surface area (Å²) in [6.07, 6.45) is 1.15. The van der Waals surface area contributed by atoms with Crippen LogP contribution < -0.4 is 9.64 Å². The molecule has 1 aliphatic heterocycles. The summed E-state index contributed by atoms with van der Waals surface area (Å²) in [6.45, 7) is 6.98. The second-order valence-electron chi connectivity index (χ2n) is 6.60. The van der Waals surface area contributed by atoms with Gasteiger partial charge in [-0.15, -0.1) is 0 Å². The SMILES string of the molecule is COCCCCN1C(=O)[C@@H](C(C)C)Oc2cc(C)c(C(=O)OC)cc21. The van der Waals surface area contributed by atoms with Crippen molar-refractivity contribution in [3.05, 3.63) is 23.3 Å². The van der Waals surface area contributed by atoms with Gasteiger partial charge in [0.05, 0.1) is 18.4 Å². The number of nitrogens with zero attached hydrogens (tertiary/aromatic N) is 1. The van der Waals surface area contributed by atoms with E-state index in [1.807, 2.05) is 26.8 Å². The number of unbranched alkanes of at least 4 members (excludes halogenated alkanes) is 1. The van der Waals surface area contributed by atoms with Crippen LogP contribution in [0.1, 0.15) is 42.6 Å². The molecule has 0 aliphatic carbocycles. The molecule has 0 N–H and O–H groups in total. The lowest BCUT2D eigenvalue weighted by Crippen LogP contribution is -2.48. The van der Waals surface area contributed by atoms with Gasteiger partial charge < -0.3 is 19.1 Å². The molecule has 6 heteroatoms. The number of hydrogen-bond donors (Lipinski definition) is 0. The second kappa shape index (κ2) is 8.34. The highest BCUT2D eigenvalue weighted by atomic mass is 16.5. The third kappa shape index (κ3) is 4.12. The first-order valence-electron chi connectivity index (χ1n) is 8.60. The molecular weight excluding hydrogens is 322 g/mol. The molecule has 1 amide bonds. The Balaban J connectivity index is 2.39. The monoisotopic (exact) mass is 349 g/mol. The standard InChI is InChI=1S/C19H27NO5/c1-12(2)17-18(21)20(8-6-7-9-23-4)15-11-14(19(22)24-5)13(3)10-16(15)25-17/h10-12,17H,6-9H2,1-5H3/t17-/m1/s1. The van der Waals surface area contributed by atoms with Crippen LogP contribution in [0.2, 0.25) is 0 Å². The molecule has 1 aromatic carbocycles. The third-order valence-corrected chi connectivity index (χ3v) is 4.35. The van der Waals surface area contributed by atoms with E-state index in [2.05, 4.69) is 0 Å². The van der Waals surface area contributed by atoms with Crippen molar-refractivity contribution in [1.82, 2.24) is 0 Å². The van der Waals surface area contributed by atoms with E-state index >= 15 is 0 Å². The molecule has 2 rings (SSSR count). The third-order valence-electron chi connectivity index (χ3n) is 4.35. The average Bonchev–Trinajstić information content (AvgIpc) is 2.58. The number of fused-ring (bicyclic) bond motifs is 1. The van der Waals surface area contributed by atoms with E-state index in [9.17, 15) is 9.59 Å². The van der Waals surface area contributed by atoms with Crippen molar-refractivity contribution in [3.63, 3.8) is 0 Å². The molecule has 0 fully saturated rings. The van der Waals surface area contributed by atoms with Crippen LogP contribution in [0.4, 0.5) is 5.69 Å². The van der Waals surface area contributed by atoms with Gasteiger partial charge in [0.1, 0.15) is 5.75 Å². The molecule has 1 aliphatic rings. The first-order chi connectivity index (χ1) is 11.9. The molecule has 6 nitrogen and oxygen atoms in total. The lowest BCUT2D eigenvalue weighted by Gasteiger charge is -2.36. The van der Waals surface area contributed by atoms with E-state index < -0.39 is 12.1 Å². The molecule has 0 aromatic heterocycles. The summed E-state index contributed by atoms with van der Waals surface area (Å²) in [6, 6.07) is 3.51. The minimum absolute atomic E-state index is 0.0581. The number of benzene rings is 1. The number of esters is 1. The topological polar surface area (TPSA) is 65.1 Å². The Hall–Kier alpha value is -2.08. The maximum Gasteiger partial charge on any atom is 0.338 e. The summed E-state index contributed by atoms with van der Waals surface area (Å²) >= 11 is 0. The van der Waals surface area contributed by atoms with E-state index in [-0.39, 0.29) is 11.8 Å². The van der Waals surface area contributed by atoms with Crippen LogP contribution in [0.5, 0.6) is 5.75 Å². The molecule has 25 heavy (non-hydrogen) atoms. The van der Waals surface area contributed by atoms with E-state index in [0.717, 1.165) is 18.4 Å². The van der Waals surface area contributed by atoms with E-state index in [0.29, 0.717) is 30.2 Å². The van der Waals surface area contributed by atoms with Gasteiger partial charge >= 0.3 is 5.97 Å². The highest BCUT2D eigenvalue weighted by Gasteiger charge is 2.36. The van der Waals surface area contributed by atoms with Crippen LogP contribution in [-0.4, -0.2) is 45.4 Å². The maximum atomic E-state index is 12.9. The Bertz CT molecular complexity index is 641. The van der Waals surface area contributed by atoms with Gasteiger partial charge in [-0.25, -0.2) is 4.79 Å². The maximum absolute atomic E-state index is 12.9. The molecule has 0 saturated carbocycles. The first kappa shape index (κ1) is 19.2. The van der Waals surface area contributed by atoms with Gasteiger partial charge in [-0.05, 0) is 43.4 Å². The number of carbonyl (C=O) groups is 2. The molecule has 1 heterocycles. The van der Waals surface area contributed by atoms with Gasteiger partial charge in [-0.1, -0.05) is 13.8 Å². The quantitative estimate of drug-likeness (QED) is 0.559. The van der Waals surface area contributed by atoms with Crippen LogP contribution >= 0.6 is 0 Å². The van der Waals surface area contributed by atoms with Crippen molar-refractivity contribution in [2.24, 2.45) is 5.92 Å². The zero-order chi connectivity index (χ0) is 18.6. The smallest absolute Gasteiger partial charge is 0.338 e. The predicted octanol–water partition coefficient (Wildman–Crippen LogP) is 2.96. The van der Waals surface area contributed by atoms with Crippen molar-refractivity contribution < 1.29 is 23.8 Å². The average molecular weight is 349 g/mol. The Labute approximate surface area is 149 Å². The second-order valence-corrected chi connectivity index (χ2v) is 6.60. The van der Waals surface area contributed by atoms with Gasteiger partial charge in [-0.3, -0.25) is 4.79 Å². The fourth-order valence-corrected chi connectivity index (χ4v) is 2.93. The zero-order valence-electron chi connectivity index (χ0n) is 15.6. The Morgan fingerprint density at radius 2 is 2.00 bits per heavy atom. The number of aryl methyl sites for hydroxylation is 1. The van der Waals surface area contributed by atoms with Crippen molar-refractivity contribution in [2.75, 3.05) is 32.3 Å². The van der Waals surface area contributed by atoms with Crippen LogP contribution in [0.3, 0.4) is 0 Å². The number of rotatable bonds is 7. The normalized spacial score (nSPS) is 16.6. The van der Waals surface area contributed by atoms with Gasteiger partial charge in [0.25, 0.3) is 5.91 Å². The first-order valence-corrected chi connectivity index (χ1v) is 8.60. The van der Waals surface area contributed by atoms with Crippen LogP contribution in [0.15, 0.2) is 12.1 Å². The number of anilines is 1. The summed E-state index contributed by atoms with van der Waals surface area (Å²) < 4.78 is 15.9. The fraction of sp³-hybridized carbons (Fsp3) is 0.579. The zero-order valence-corrected chi connectivity index (χ0v) is 15.6. The van der Waals surface area contributed by atoms with Gasteiger partial charge in [0.2, 0.25) is 0 Å². The summed E-state index contributed by atoms with van der Waals surface area (Å²) in [5.74, 6) is 0.204. The Morgan fingerprint density at radius 1 is 1.28 bits per heavy atom. The lowest BCUT2D eigenvalue weighted by molar-refractivity contribution is -0.128. The van der Waals surface area contributed by atoms with Crippen LogP contribution in [0, 0.1) is 12.8 Å². The molecule has 0 saturated heterocycles. The van der Waals surface area contributed by atoms with Crippen LogP contribution in [-0.2, 0) is 14.3 Å². The number of hydrogen-bond acceptors (Lipinski definition) is 5. The molecule has 1 atom stereocenters. The van der Waals surface area contributed by atoms with Crippen molar-refractivity contribution >= 4 is 17.6 Å². The molecule has 138 valence electrons. The number of methoxy groups -OCH3 is 2. The lowest BCUT2D eigenvalue weighted by atomic mass is 10.00. The highest BCUT2D eigenvalue weighted by Crippen LogP contribution is 2.38. The van der Waals surface area contributed by atoms with Crippen molar-refractivity contribution in [2.45, 2.75) is 39.7 Å². The fourth-order valence-electron chi connectivity index (χ4n) is 2.93. The van der Waals surface area contributed by atoms with Gasteiger partial charge in [0.15, 0.2) is 6.10 Å². The number of amides is 1. The minimum atomic E-state index is -0.515. The Morgan fingerprint density at radius 3 is 2.60 bits per heavy atom. The van der Waals surface area contributed by atoms with Gasteiger partial charge in [0, 0.05) is 20.3 Å². The molecule has 0 spiro atoms. The van der Waals surface area contributed by atoms with E-state index in [4.69, 9.17) is 14.2 Å². The number of carbonyl (C=O) groups excluding carboxylic acids is 2.